The number of aromatic nitrogens is 1. The highest BCUT2D eigenvalue weighted by Crippen LogP contribution is 2.43. The second-order valence-electron chi connectivity index (χ2n) is 7.28. The normalized spacial score (nSPS) is 21.4. The fraction of sp³-hybridized carbons (Fsp3) is 0.350. The number of benzene rings is 1. The fourth-order valence-corrected chi connectivity index (χ4v) is 5.61. The van der Waals surface area contributed by atoms with E-state index in [4.69, 9.17) is 9.73 Å². The van der Waals surface area contributed by atoms with E-state index in [0.29, 0.717) is 26.6 Å². The van der Waals surface area contributed by atoms with Crippen molar-refractivity contribution in [3.63, 3.8) is 0 Å². The monoisotopic (exact) mass is 580 g/mol. The Morgan fingerprint density at radius 2 is 2.21 bits per heavy atom. The van der Waals surface area contributed by atoms with E-state index >= 15 is 0 Å². The zero-order valence-corrected chi connectivity index (χ0v) is 20.7. The molecule has 2 unspecified atom stereocenters. The van der Waals surface area contributed by atoms with Crippen LogP contribution in [0.25, 0.3) is 0 Å². The number of halogens is 5. The number of aliphatic imine (C=N–C) groups is 1. The predicted molar refractivity (Wildman–Crippen MR) is 122 cm³/mol. The third-order valence-corrected chi connectivity index (χ3v) is 7.54. The van der Waals surface area contributed by atoms with Crippen LogP contribution in [-0.4, -0.2) is 50.9 Å². The van der Waals surface area contributed by atoms with Crippen LogP contribution in [0.1, 0.15) is 30.0 Å². The molecule has 1 saturated heterocycles. The molecule has 3 atom stereocenters. The average Bonchev–Trinajstić information content (AvgIpc) is 3.42. The molecule has 3 heterocycles. The lowest BCUT2D eigenvalue weighted by Crippen LogP contribution is -2.44. The predicted octanol–water partition coefficient (Wildman–Crippen LogP) is 4.21. The largest absolute Gasteiger partial charge is 0.592 e. The van der Waals surface area contributed by atoms with Crippen molar-refractivity contribution in [2.45, 2.75) is 30.9 Å². The van der Waals surface area contributed by atoms with Gasteiger partial charge in [-0.1, -0.05) is 22.0 Å². The molecule has 0 radical (unpaired) electrons. The molecule has 14 heteroatoms. The van der Waals surface area contributed by atoms with Crippen molar-refractivity contribution in [3.8, 4) is 0 Å². The van der Waals surface area contributed by atoms with Crippen LogP contribution in [0.5, 0.6) is 0 Å². The van der Waals surface area contributed by atoms with Gasteiger partial charge in [-0.25, -0.2) is 14.2 Å². The summed E-state index contributed by atoms with van der Waals surface area (Å²) in [6.07, 6.45) is 1.52. The van der Waals surface area contributed by atoms with Crippen LogP contribution in [0.3, 0.4) is 0 Å². The van der Waals surface area contributed by atoms with E-state index in [9.17, 15) is 26.9 Å². The molecule has 34 heavy (non-hydrogen) atoms. The van der Waals surface area contributed by atoms with Gasteiger partial charge in [0.05, 0.1) is 18.2 Å². The van der Waals surface area contributed by atoms with Crippen LogP contribution < -0.4 is 4.72 Å². The van der Waals surface area contributed by atoms with Crippen molar-refractivity contribution in [1.82, 2.24) is 14.6 Å². The van der Waals surface area contributed by atoms with Gasteiger partial charge in [-0.15, -0.1) is 29.2 Å². The van der Waals surface area contributed by atoms with Crippen molar-refractivity contribution in [3.05, 3.63) is 61.9 Å². The molecule has 1 aromatic heterocycles. The summed E-state index contributed by atoms with van der Waals surface area (Å²) < 4.78 is 71.9. The number of hydrogen-bond donors (Lipinski definition) is 1. The van der Waals surface area contributed by atoms with Crippen molar-refractivity contribution < 1.29 is 31.6 Å². The smallest absolute Gasteiger partial charge is 0.591 e. The van der Waals surface area contributed by atoms with E-state index in [-0.39, 0.29) is 25.1 Å². The lowest BCUT2D eigenvalue weighted by Gasteiger charge is -2.31. The maximum atomic E-state index is 13.8. The second-order valence-corrected chi connectivity index (χ2v) is 10.3. The number of hydrogen-bond acceptors (Lipinski definition) is 8. The van der Waals surface area contributed by atoms with Crippen molar-refractivity contribution in [2.24, 2.45) is 4.99 Å². The molecular formula is C20H17BrF4N4O3S2. The van der Waals surface area contributed by atoms with Crippen molar-refractivity contribution in [2.75, 3.05) is 13.2 Å². The third-order valence-electron chi connectivity index (χ3n) is 5.12. The lowest BCUT2D eigenvalue weighted by molar-refractivity contribution is -0.139. The molecule has 1 aromatic carbocycles. The van der Waals surface area contributed by atoms with Crippen LogP contribution in [0.15, 0.2) is 50.5 Å². The summed E-state index contributed by atoms with van der Waals surface area (Å²) in [7, 11) is 0. The first-order chi connectivity index (χ1) is 16.1. The standard InChI is InChI=1S/C20H17BrF4N4O3S2/c1-2-32-19(30)15-14-8-11(28-34(31)20(23,24)25)9-29(14)17(18-26-5-6-33-18)27-16(15)12-4-3-10(22)7-13(12)21/h3-7,11,16,28H,2,8-9H2,1H3/t11?,16-,34?/m0/s1. The van der Waals surface area contributed by atoms with Gasteiger partial charge in [0.25, 0.3) is 0 Å². The highest BCUT2D eigenvalue weighted by atomic mass is 79.9. The van der Waals surface area contributed by atoms with Gasteiger partial charge >= 0.3 is 11.5 Å². The minimum absolute atomic E-state index is 0.0181. The molecule has 1 N–H and O–H groups in total. The topological polar surface area (TPSA) is 89.9 Å². The number of amidine groups is 1. The molecule has 2 aliphatic heterocycles. The van der Waals surface area contributed by atoms with Gasteiger partial charge < -0.3 is 14.2 Å². The van der Waals surface area contributed by atoms with Gasteiger partial charge in [-0.05, 0) is 24.6 Å². The van der Waals surface area contributed by atoms with Gasteiger partial charge in [-0.3, -0.25) is 4.99 Å². The van der Waals surface area contributed by atoms with Gasteiger partial charge in [0.1, 0.15) is 11.9 Å². The Kier molecular flexibility index (Phi) is 7.33. The van der Waals surface area contributed by atoms with Crippen molar-refractivity contribution >= 4 is 50.4 Å². The van der Waals surface area contributed by atoms with E-state index in [1.54, 1.807) is 23.4 Å². The minimum Gasteiger partial charge on any atom is -0.591 e. The van der Waals surface area contributed by atoms with E-state index < -0.39 is 40.7 Å². The number of ether oxygens (including phenoxy) is 1. The molecule has 0 spiro atoms. The molecule has 1 fully saturated rings. The number of thiazole rings is 1. The molecule has 0 amide bonds. The quantitative estimate of drug-likeness (QED) is 0.313. The Balaban J connectivity index is 1.83. The third kappa shape index (κ3) is 5.00. The van der Waals surface area contributed by atoms with Crippen LogP contribution in [0.4, 0.5) is 17.6 Å². The molecule has 2 aliphatic rings. The fourth-order valence-electron chi connectivity index (χ4n) is 3.81. The highest BCUT2D eigenvalue weighted by Gasteiger charge is 2.49. The molecular weight excluding hydrogens is 564 g/mol. The van der Waals surface area contributed by atoms with Gasteiger partial charge in [0.2, 0.25) is 0 Å². The number of rotatable bonds is 6. The van der Waals surface area contributed by atoms with Gasteiger partial charge in [-0.2, -0.15) is 0 Å². The van der Waals surface area contributed by atoms with Crippen LogP contribution in [0, 0.1) is 5.82 Å². The van der Waals surface area contributed by atoms with E-state index in [0.717, 1.165) is 0 Å². The number of carbonyl (C=O) groups excluding carboxylic acids is 1. The summed E-state index contributed by atoms with van der Waals surface area (Å²) in [6.45, 7) is 1.67. The van der Waals surface area contributed by atoms with Crippen LogP contribution >= 0.6 is 27.3 Å². The molecule has 0 saturated carbocycles. The van der Waals surface area contributed by atoms with Gasteiger partial charge in [0.15, 0.2) is 22.2 Å². The molecule has 0 bridgehead atoms. The lowest BCUT2D eigenvalue weighted by atomic mass is 9.94. The SMILES string of the molecule is CCOC(=O)C1=C2CC(N[S+]([O-])C(F)(F)F)CN2C(c2nccs2)=N[C@H]1c1ccc(F)cc1Br. The van der Waals surface area contributed by atoms with E-state index in [1.807, 2.05) is 0 Å². The zero-order chi connectivity index (χ0) is 24.6. The first-order valence-corrected chi connectivity index (χ1v) is 12.8. The zero-order valence-electron chi connectivity index (χ0n) is 17.4. The number of fused-ring (bicyclic) bond motifs is 1. The Hall–Kier alpha value is -2.00. The first-order valence-electron chi connectivity index (χ1n) is 9.95. The Bertz CT molecular complexity index is 1140. The molecule has 2 aromatic rings. The maximum Gasteiger partial charge on any atom is 0.592 e. The van der Waals surface area contributed by atoms with Crippen LogP contribution in [-0.2, 0) is 20.9 Å². The molecule has 7 nitrogen and oxygen atoms in total. The average molecular weight is 581 g/mol. The number of nitrogens with one attached hydrogen (secondary N) is 1. The summed E-state index contributed by atoms with van der Waals surface area (Å²) in [5.74, 6) is -0.841. The summed E-state index contributed by atoms with van der Waals surface area (Å²) in [5, 5.41) is 2.20. The summed E-state index contributed by atoms with van der Waals surface area (Å²) in [5.41, 5.74) is -3.95. The Morgan fingerprint density at radius 3 is 2.82 bits per heavy atom. The second kappa shape index (κ2) is 9.93. The van der Waals surface area contributed by atoms with E-state index in [2.05, 4.69) is 25.6 Å². The minimum atomic E-state index is -4.94. The van der Waals surface area contributed by atoms with Crippen molar-refractivity contribution in [1.29, 1.82) is 0 Å². The molecule has 182 valence electrons. The first kappa shape index (κ1) is 25.1. The molecule has 4 rings (SSSR count). The molecule has 0 aliphatic carbocycles. The van der Waals surface area contributed by atoms with Crippen LogP contribution in [0.2, 0.25) is 0 Å². The van der Waals surface area contributed by atoms with E-state index in [1.165, 1.54) is 29.5 Å². The number of esters is 1. The summed E-state index contributed by atoms with van der Waals surface area (Å²) >= 11 is 1.30. The van der Waals surface area contributed by atoms with Gasteiger partial charge in [0, 0.05) is 34.7 Å². The Labute approximate surface area is 207 Å². The number of carbonyl (C=O) groups is 1. The number of nitrogens with zero attached hydrogens (tertiary/aromatic N) is 3. The summed E-state index contributed by atoms with van der Waals surface area (Å²) in [6, 6.07) is 2.13. The highest BCUT2D eigenvalue weighted by molar-refractivity contribution is 9.10. The number of alkyl halides is 3. The Morgan fingerprint density at radius 1 is 1.44 bits per heavy atom. The summed E-state index contributed by atoms with van der Waals surface area (Å²) in [4.78, 5) is 23.6. The maximum absolute atomic E-state index is 13.8.